The average Bonchev–Trinajstić information content (AvgIpc) is 2.50. The predicted molar refractivity (Wildman–Crippen MR) is 59.2 cm³/mol. The number of aromatic nitrogens is 4. The van der Waals surface area contributed by atoms with Crippen LogP contribution >= 0.6 is 0 Å². The Hall–Kier alpha value is -2.18. The summed E-state index contributed by atoms with van der Waals surface area (Å²) in [5, 5.41) is 4.15. The monoisotopic (exact) mass is 237 g/mol. The van der Waals surface area contributed by atoms with E-state index in [1.807, 2.05) is 6.92 Å². The number of nitrogens with two attached hydrogens (primary N) is 1. The van der Waals surface area contributed by atoms with Crippen LogP contribution in [-0.4, -0.2) is 19.7 Å². The SMILES string of the molecule is Cc1nn(C)c(C)c1Oc1nc(N)ncc1F. The van der Waals surface area contributed by atoms with Gasteiger partial charge in [0.2, 0.25) is 11.8 Å². The highest BCUT2D eigenvalue weighted by atomic mass is 19.1. The molecule has 6 nitrogen and oxygen atoms in total. The van der Waals surface area contributed by atoms with Crippen molar-refractivity contribution in [2.45, 2.75) is 13.8 Å². The summed E-state index contributed by atoms with van der Waals surface area (Å²) >= 11 is 0. The Morgan fingerprint density at radius 2 is 2.12 bits per heavy atom. The van der Waals surface area contributed by atoms with Crippen LogP contribution in [0.15, 0.2) is 6.20 Å². The number of hydrogen-bond donors (Lipinski definition) is 1. The van der Waals surface area contributed by atoms with Crippen molar-refractivity contribution < 1.29 is 9.13 Å². The maximum absolute atomic E-state index is 13.4. The minimum atomic E-state index is -0.665. The first-order valence-corrected chi connectivity index (χ1v) is 4.95. The predicted octanol–water partition coefficient (Wildman–Crippen LogP) is 1.34. The second kappa shape index (κ2) is 4.00. The first-order chi connectivity index (χ1) is 7.99. The molecule has 0 amide bonds. The zero-order valence-electron chi connectivity index (χ0n) is 9.73. The second-order valence-electron chi connectivity index (χ2n) is 3.61. The van der Waals surface area contributed by atoms with E-state index in [9.17, 15) is 4.39 Å². The van der Waals surface area contributed by atoms with E-state index >= 15 is 0 Å². The van der Waals surface area contributed by atoms with E-state index in [0.29, 0.717) is 11.4 Å². The van der Waals surface area contributed by atoms with Gasteiger partial charge in [0.15, 0.2) is 5.75 Å². The third-order valence-corrected chi connectivity index (χ3v) is 2.37. The van der Waals surface area contributed by atoms with Crippen LogP contribution in [-0.2, 0) is 7.05 Å². The number of ether oxygens (including phenoxy) is 1. The molecule has 7 heteroatoms. The van der Waals surface area contributed by atoms with Crippen LogP contribution in [0.3, 0.4) is 0 Å². The number of aryl methyl sites for hydroxylation is 2. The molecule has 2 aromatic heterocycles. The summed E-state index contributed by atoms with van der Waals surface area (Å²) in [4.78, 5) is 7.21. The van der Waals surface area contributed by atoms with Gasteiger partial charge in [-0.25, -0.2) is 4.98 Å². The highest BCUT2D eigenvalue weighted by molar-refractivity contribution is 5.36. The van der Waals surface area contributed by atoms with Crippen molar-refractivity contribution in [1.29, 1.82) is 0 Å². The van der Waals surface area contributed by atoms with Crippen LogP contribution in [0.1, 0.15) is 11.4 Å². The van der Waals surface area contributed by atoms with Crippen molar-refractivity contribution in [3.05, 3.63) is 23.4 Å². The van der Waals surface area contributed by atoms with Gasteiger partial charge >= 0.3 is 0 Å². The lowest BCUT2D eigenvalue weighted by Crippen LogP contribution is -2.00. The first-order valence-electron chi connectivity index (χ1n) is 4.95. The van der Waals surface area contributed by atoms with Crippen molar-refractivity contribution >= 4 is 5.95 Å². The fourth-order valence-electron chi connectivity index (χ4n) is 1.43. The average molecular weight is 237 g/mol. The number of rotatable bonds is 2. The van der Waals surface area contributed by atoms with E-state index in [1.165, 1.54) is 0 Å². The molecule has 0 atom stereocenters. The second-order valence-corrected chi connectivity index (χ2v) is 3.61. The number of nitrogens with zero attached hydrogens (tertiary/aromatic N) is 4. The zero-order chi connectivity index (χ0) is 12.6. The summed E-state index contributed by atoms with van der Waals surface area (Å²) < 4.78 is 20.4. The van der Waals surface area contributed by atoms with E-state index < -0.39 is 5.82 Å². The highest BCUT2D eigenvalue weighted by Gasteiger charge is 2.15. The first kappa shape index (κ1) is 11.3. The maximum atomic E-state index is 13.4. The van der Waals surface area contributed by atoms with Crippen LogP contribution in [0, 0.1) is 19.7 Å². The van der Waals surface area contributed by atoms with Gasteiger partial charge in [0.1, 0.15) is 5.69 Å². The minimum absolute atomic E-state index is 0.0411. The molecule has 0 radical (unpaired) electrons. The molecule has 90 valence electrons. The Balaban J connectivity index is 2.41. The number of nitrogen functional groups attached to an aromatic ring is 1. The normalized spacial score (nSPS) is 10.6. The zero-order valence-corrected chi connectivity index (χ0v) is 9.73. The lowest BCUT2D eigenvalue weighted by atomic mass is 10.3. The summed E-state index contributed by atoms with van der Waals surface area (Å²) in [6.45, 7) is 3.59. The molecule has 0 aliphatic carbocycles. The molecule has 0 unspecified atom stereocenters. The summed E-state index contributed by atoms with van der Waals surface area (Å²) in [6.07, 6.45) is 0.971. The molecule has 0 aliphatic heterocycles. The van der Waals surface area contributed by atoms with Crippen LogP contribution in [0.5, 0.6) is 11.6 Å². The molecule has 2 heterocycles. The summed E-state index contributed by atoms with van der Waals surface area (Å²) in [5.41, 5.74) is 6.80. The van der Waals surface area contributed by atoms with Crippen molar-refractivity contribution in [2.75, 3.05) is 5.73 Å². The molecule has 0 saturated carbocycles. The highest BCUT2D eigenvalue weighted by Crippen LogP contribution is 2.28. The minimum Gasteiger partial charge on any atom is -0.432 e. The molecule has 0 aromatic carbocycles. The van der Waals surface area contributed by atoms with Gasteiger partial charge < -0.3 is 10.5 Å². The summed E-state index contributed by atoms with van der Waals surface area (Å²) in [7, 11) is 1.78. The summed E-state index contributed by atoms with van der Waals surface area (Å²) in [5.74, 6) is -0.427. The fourth-order valence-corrected chi connectivity index (χ4v) is 1.43. The molecule has 0 bridgehead atoms. The number of hydrogen-bond acceptors (Lipinski definition) is 5. The smallest absolute Gasteiger partial charge is 0.261 e. The fraction of sp³-hybridized carbons (Fsp3) is 0.300. The quantitative estimate of drug-likeness (QED) is 0.852. The Bertz CT molecular complexity index is 566. The Morgan fingerprint density at radius 1 is 1.41 bits per heavy atom. The van der Waals surface area contributed by atoms with Crippen molar-refractivity contribution in [3.63, 3.8) is 0 Å². The van der Waals surface area contributed by atoms with Gasteiger partial charge in [-0.05, 0) is 13.8 Å². The molecule has 0 spiro atoms. The molecule has 2 N–H and O–H groups in total. The van der Waals surface area contributed by atoms with E-state index in [4.69, 9.17) is 10.5 Å². The lowest BCUT2D eigenvalue weighted by molar-refractivity contribution is 0.415. The molecule has 0 fully saturated rings. The van der Waals surface area contributed by atoms with Crippen molar-refractivity contribution in [2.24, 2.45) is 7.05 Å². The molecular formula is C10H12FN5O. The van der Waals surface area contributed by atoms with Crippen LogP contribution in [0.25, 0.3) is 0 Å². The molecule has 2 rings (SSSR count). The van der Waals surface area contributed by atoms with Gasteiger partial charge in [0.25, 0.3) is 5.88 Å². The van der Waals surface area contributed by atoms with E-state index in [1.54, 1.807) is 18.7 Å². The molecule has 0 saturated heterocycles. The molecule has 17 heavy (non-hydrogen) atoms. The van der Waals surface area contributed by atoms with Crippen molar-refractivity contribution in [1.82, 2.24) is 19.7 Å². The summed E-state index contributed by atoms with van der Waals surface area (Å²) in [6, 6.07) is 0. The Labute approximate surface area is 97.2 Å². The van der Waals surface area contributed by atoms with Gasteiger partial charge in [0.05, 0.1) is 11.9 Å². The van der Waals surface area contributed by atoms with Crippen LogP contribution in [0.4, 0.5) is 10.3 Å². The maximum Gasteiger partial charge on any atom is 0.261 e. The molecule has 2 aromatic rings. The third kappa shape index (κ3) is 2.03. The van der Waals surface area contributed by atoms with Gasteiger partial charge in [-0.3, -0.25) is 4.68 Å². The van der Waals surface area contributed by atoms with Gasteiger partial charge in [-0.2, -0.15) is 14.5 Å². The Morgan fingerprint density at radius 3 is 2.71 bits per heavy atom. The van der Waals surface area contributed by atoms with E-state index in [0.717, 1.165) is 11.9 Å². The standard InChI is InChI=1S/C10H12FN5O/c1-5-8(6(2)16(3)15-5)17-9-7(11)4-13-10(12)14-9/h4H,1-3H3,(H2,12,13,14). The Kier molecular flexibility index (Phi) is 2.66. The largest absolute Gasteiger partial charge is 0.432 e. The van der Waals surface area contributed by atoms with Crippen molar-refractivity contribution in [3.8, 4) is 11.6 Å². The van der Waals surface area contributed by atoms with Crippen LogP contribution < -0.4 is 10.5 Å². The lowest BCUT2D eigenvalue weighted by Gasteiger charge is -2.05. The van der Waals surface area contributed by atoms with Gasteiger partial charge in [0, 0.05) is 7.05 Å². The number of halogens is 1. The molecule has 0 aliphatic rings. The van der Waals surface area contributed by atoms with Crippen LogP contribution in [0.2, 0.25) is 0 Å². The molecular weight excluding hydrogens is 225 g/mol. The third-order valence-electron chi connectivity index (χ3n) is 2.37. The topological polar surface area (TPSA) is 78.8 Å². The number of anilines is 1. The van der Waals surface area contributed by atoms with E-state index in [-0.39, 0.29) is 11.8 Å². The van der Waals surface area contributed by atoms with E-state index in [2.05, 4.69) is 15.1 Å². The van der Waals surface area contributed by atoms with Gasteiger partial charge in [-0.1, -0.05) is 0 Å². The van der Waals surface area contributed by atoms with Gasteiger partial charge in [-0.15, -0.1) is 0 Å².